The minimum Gasteiger partial charge on any atom is -0.460 e. The zero-order valence-electron chi connectivity index (χ0n) is 16.4. The molecule has 0 spiro atoms. The predicted molar refractivity (Wildman–Crippen MR) is 108 cm³/mol. The van der Waals surface area contributed by atoms with E-state index in [1.165, 1.54) is 24.9 Å². The molecule has 0 amide bonds. The SMILES string of the molecule is C=C(C)[C@@H](O)c1coc(C(=O)c2cncnc2N[C@H]2CC[C@@H](COS(N)(=O)=O)C2)c1. The minimum atomic E-state index is -3.97. The largest absolute Gasteiger partial charge is 0.460 e. The molecule has 2 heterocycles. The van der Waals surface area contributed by atoms with Crippen LogP contribution in [0.25, 0.3) is 0 Å². The summed E-state index contributed by atoms with van der Waals surface area (Å²) in [7, 11) is -3.97. The summed E-state index contributed by atoms with van der Waals surface area (Å²) in [5.74, 6) is 0.00358. The Labute approximate surface area is 174 Å². The fourth-order valence-electron chi connectivity index (χ4n) is 3.38. The molecule has 0 bridgehead atoms. The lowest BCUT2D eigenvalue weighted by Gasteiger charge is -2.15. The number of aliphatic hydroxyl groups excluding tert-OH is 1. The number of rotatable bonds is 9. The molecule has 30 heavy (non-hydrogen) atoms. The Bertz CT molecular complexity index is 1040. The number of carbonyl (C=O) groups excluding carboxylic acids is 1. The number of nitrogens with one attached hydrogen (secondary N) is 1. The fraction of sp³-hybridized carbons (Fsp3) is 0.421. The number of aromatic nitrogens is 2. The van der Waals surface area contributed by atoms with E-state index in [0.717, 1.165) is 12.8 Å². The second kappa shape index (κ2) is 9.04. The van der Waals surface area contributed by atoms with Crippen molar-refractivity contribution in [2.24, 2.45) is 11.1 Å². The first-order valence-corrected chi connectivity index (χ1v) is 10.8. The molecule has 1 aliphatic rings. The van der Waals surface area contributed by atoms with Crippen LogP contribution in [0.4, 0.5) is 5.82 Å². The van der Waals surface area contributed by atoms with Crippen LogP contribution in [0.3, 0.4) is 0 Å². The highest BCUT2D eigenvalue weighted by molar-refractivity contribution is 7.84. The smallest absolute Gasteiger partial charge is 0.333 e. The van der Waals surface area contributed by atoms with Gasteiger partial charge in [0.05, 0.1) is 18.4 Å². The van der Waals surface area contributed by atoms with Crippen molar-refractivity contribution in [3.8, 4) is 0 Å². The lowest BCUT2D eigenvalue weighted by atomic mass is 10.1. The zero-order valence-corrected chi connectivity index (χ0v) is 17.3. The van der Waals surface area contributed by atoms with Crippen molar-refractivity contribution in [2.45, 2.75) is 38.3 Å². The third-order valence-electron chi connectivity index (χ3n) is 4.93. The van der Waals surface area contributed by atoms with Crippen molar-refractivity contribution in [1.82, 2.24) is 9.97 Å². The maximum atomic E-state index is 12.9. The van der Waals surface area contributed by atoms with Gasteiger partial charge in [-0.25, -0.2) is 15.1 Å². The Morgan fingerprint density at radius 2 is 2.27 bits per heavy atom. The summed E-state index contributed by atoms with van der Waals surface area (Å²) in [6.45, 7) is 5.39. The highest BCUT2D eigenvalue weighted by Gasteiger charge is 2.28. The van der Waals surface area contributed by atoms with Crippen LogP contribution in [-0.2, 0) is 14.5 Å². The second-order valence-electron chi connectivity index (χ2n) is 7.40. The molecule has 0 aliphatic heterocycles. The average Bonchev–Trinajstić information content (AvgIpc) is 3.35. The van der Waals surface area contributed by atoms with Gasteiger partial charge in [0, 0.05) is 17.8 Å². The summed E-state index contributed by atoms with van der Waals surface area (Å²) in [5.41, 5.74) is 1.19. The van der Waals surface area contributed by atoms with Gasteiger partial charge in [-0.2, -0.15) is 8.42 Å². The third kappa shape index (κ3) is 5.51. The van der Waals surface area contributed by atoms with Gasteiger partial charge in [0.1, 0.15) is 18.2 Å². The number of nitrogens with two attached hydrogens (primary N) is 1. The molecule has 3 atom stereocenters. The van der Waals surface area contributed by atoms with E-state index in [0.29, 0.717) is 23.4 Å². The van der Waals surface area contributed by atoms with Crippen molar-refractivity contribution in [3.63, 3.8) is 0 Å². The van der Waals surface area contributed by atoms with Crippen LogP contribution in [0.2, 0.25) is 0 Å². The summed E-state index contributed by atoms with van der Waals surface area (Å²) in [5, 5.41) is 18.2. The highest BCUT2D eigenvalue weighted by Crippen LogP contribution is 2.30. The highest BCUT2D eigenvalue weighted by atomic mass is 32.2. The van der Waals surface area contributed by atoms with E-state index < -0.39 is 22.2 Å². The van der Waals surface area contributed by atoms with Crippen LogP contribution in [-0.4, -0.2) is 41.9 Å². The summed E-state index contributed by atoms with van der Waals surface area (Å²) in [6, 6.07) is 1.45. The number of ketones is 1. The molecule has 0 aromatic carbocycles. The summed E-state index contributed by atoms with van der Waals surface area (Å²) >= 11 is 0. The Morgan fingerprint density at radius 3 is 2.97 bits per heavy atom. The first kappa shape index (κ1) is 22.1. The van der Waals surface area contributed by atoms with Gasteiger partial charge in [0.15, 0.2) is 5.76 Å². The summed E-state index contributed by atoms with van der Waals surface area (Å²) in [6.07, 6.45) is 5.27. The molecule has 11 heteroatoms. The molecule has 0 saturated heterocycles. The molecular weight excluding hydrogens is 412 g/mol. The number of furan rings is 1. The number of nitrogens with zero attached hydrogens (tertiary/aromatic N) is 2. The second-order valence-corrected chi connectivity index (χ2v) is 8.63. The van der Waals surface area contributed by atoms with Gasteiger partial charge in [0.25, 0.3) is 0 Å². The van der Waals surface area contributed by atoms with Gasteiger partial charge >= 0.3 is 10.3 Å². The lowest BCUT2D eigenvalue weighted by molar-refractivity contribution is 0.101. The maximum Gasteiger partial charge on any atom is 0.333 e. The molecule has 1 saturated carbocycles. The molecule has 162 valence electrons. The fourth-order valence-corrected chi connectivity index (χ4v) is 3.77. The molecule has 1 fully saturated rings. The molecule has 1 aliphatic carbocycles. The third-order valence-corrected chi connectivity index (χ3v) is 5.40. The van der Waals surface area contributed by atoms with Gasteiger partial charge in [-0.15, -0.1) is 0 Å². The van der Waals surface area contributed by atoms with Gasteiger partial charge in [-0.3, -0.25) is 8.98 Å². The van der Waals surface area contributed by atoms with Crippen LogP contribution in [0.15, 0.2) is 41.4 Å². The Balaban J connectivity index is 1.69. The maximum absolute atomic E-state index is 12.9. The molecule has 0 radical (unpaired) electrons. The van der Waals surface area contributed by atoms with Crippen LogP contribution >= 0.6 is 0 Å². The van der Waals surface area contributed by atoms with Crippen LogP contribution in [0.5, 0.6) is 0 Å². The molecule has 10 nitrogen and oxygen atoms in total. The molecule has 4 N–H and O–H groups in total. The van der Waals surface area contributed by atoms with E-state index in [1.807, 2.05) is 0 Å². The van der Waals surface area contributed by atoms with Crippen LogP contribution in [0, 0.1) is 5.92 Å². The van der Waals surface area contributed by atoms with E-state index >= 15 is 0 Å². The Morgan fingerprint density at radius 1 is 1.50 bits per heavy atom. The van der Waals surface area contributed by atoms with Crippen molar-refractivity contribution >= 4 is 21.9 Å². The average molecular weight is 436 g/mol. The van der Waals surface area contributed by atoms with E-state index in [4.69, 9.17) is 9.56 Å². The van der Waals surface area contributed by atoms with Gasteiger partial charge < -0.3 is 14.8 Å². The molecular formula is C19H24N4O6S. The number of aliphatic hydroxyl groups is 1. The minimum absolute atomic E-state index is 0.0158. The molecule has 2 aromatic heterocycles. The topological polar surface area (TPSA) is 158 Å². The first-order chi connectivity index (χ1) is 14.1. The lowest BCUT2D eigenvalue weighted by Crippen LogP contribution is -2.22. The van der Waals surface area contributed by atoms with Crippen molar-refractivity contribution < 1.29 is 26.9 Å². The number of anilines is 1. The monoisotopic (exact) mass is 436 g/mol. The van der Waals surface area contributed by atoms with E-state index in [2.05, 4.69) is 26.0 Å². The zero-order chi connectivity index (χ0) is 21.9. The van der Waals surface area contributed by atoms with Crippen LogP contribution in [0.1, 0.15) is 54.0 Å². The Hall–Kier alpha value is -2.60. The first-order valence-electron chi connectivity index (χ1n) is 9.34. The normalized spacial score (nSPS) is 20.1. The van der Waals surface area contributed by atoms with Crippen molar-refractivity contribution in [2.75, 3.05) is 11.9 Å². The quantitative estimate of drug-likeness (QED) is 0.393. The standard InChI is InChI=1S/C19H24N4O6S/c1-11(2)17(24)13-6-16(28-9-13)18(25)15-7-21-10-22-19(15)23-14-4-3-12(5-14)8-29-30(20,26)27/h6-7,9-10,12,14,17,24H,1,3-5,8H2,2H3,(H2,20,26,27)(H,21,22,23)/t12-,14+,17-/m1/s1. The van der Waals surface area contributed by atoms with E-state index in [9.17, 15) is 18.3 Å². The van der Waals surface area contributed by atoms with E-state index in [1.54, 1.807) is 6.92 Å². The van der Waals surface area contributed by atoms with Gasteiger partial charge in [-0.05, 0) is 43.7 Å². The molecule has 2 aromatic rings. The van der Waals surface area contributed by atoms with Crippen molar-refractivity contribution in [1.29, 1.82) is 0 Å². The summed E-state index contributed by atoms with van der Waals surface area (Å²) < 4.78 is 31.9. The Kier molecular flexibility index (Phi) is 6.66. The van der Waals surface area contributed by atoms with E-state index in [-0.39, 0.29) is 29.9 Å². The summed E-state index contributed by atoms with van der Waals surface area (Å²) in [4.78, 5) is 21.0. The van der Waals surface area contributed by atoms with Gasteiger partial charge in [0.2, 0.25) is 5.78 Å². The number of hydrogen-bond acceptors (Lipinski definition) is 9. The van der Waals surface area contributed by atoms with Crippen LogP contribution < -0.4 is 10.5 Å². The van der Waals surface area contributed by atoms with Crippen molar-refractivity contribution in [3.05, 3.63) is 53.9 Å². The predicted octanol–water partition coefficient (Wildman–Crippen LogP) is 1.71. The number of carbonyl (C=O) groups is 1. The number of hydrogen-bond donors (Lipinski definition) is 3. The molecule has 3 rings (SSSR count). The molecule has 0 unspecified atom stereocenters. The van der Waals surface area contributed by atoms with Gasteiger partial charge in [-0.1, -0.05) is 6.58 Å².